The molecule has 0 saturated carbocycles. The lowest BCUT2D eigenvalue weighted by Gasteiger charge is -2.19. The zero-order chi connectivity index (χ0) is 26.1. The Morgan fingerprint density at radius 2 is 1.51 bits per heavy atom. The molecule has 2 aromatic carbocycles. The molecule has 0 fully saturated rings. The van der Waals surface area contributed by atoms with Crippen LogP contribution in [0.5, 0.6) is 0 Å². The second kappa shape index (κ2) is 9.85. The summed E-state index contributed by atoms with van der Waals surface area (Å²) < 4.78 is 74.1. The molecule has 0 unspecified atom stereocenters. The van der Waals surface area contributed by atoms with Crippen molar-refractivity contribution in [2.24, 2.45) is 5.16 Å². The summed E-state index contributed by atoms with van der Waals surface area (Å²) in [4.78, 5) is 28.9. The molecule has 1 aromatic heterocycles. The first-order chi connectivity index (χ1) is 16.3. The molecule has 0 aliphatic rings. The molecule has 35 heavy (non-hydrogen) atoms. The number of hydrogen-bond acceptors (Lipinski definition) is 5. The van der Waals surface area contributed by atoms with Crippen LogP contribution in [0, 0.1) is 29.1 Å². The second-order valence-electron chi connectivity index (χ2n) is 8.67. The van der Waals surface area contributed by atoms with Gasteiger partial charge in [-0.25, -0.2) is 31.5 Å². The molecule has 11 heteroatoms. The Morgan fingerprint density at radius 1 is 0.943 bits per heavy atom. The van der Waals surface area contributed by atoms with E-state index in [1.807, 2.05) is 0 Å². The van der Waals surface area contributed by atoms with E-state index in [9.17, 15) is 31.5 Å². The third-order valence-electron chi connectivity index (χ3n) is 4.84. The molecule has 0 atom stereocenters. The summed E-state index contributed by atoms with van der Waals surface area (Å²) in [5, 5.41) is 4.21. The van der Waals surface area contributed by atoms with E-state index in [0.29, 0.717) is 11.9 Å². The predicted molar refractivity (Wildman–Crippen MR) is 117 cm³/mol. The van der Waals surface area contributed by atoms with Crippen LogP contribution in [0.15, 0.2) is 35.6 Å². The van der Waals surface area contributed by atoms with E-state index in [2.05, 4.69) is 9.99 Å². The highest BCUT2D eigenvalue weighted by atomic mass is 19.2. The molecule has 0 N–H and O–H groups in total. The van der Waals surface area contributed by atoms with Crippen LogP contribution < -0.4 is 0 Å². The van der Waals surface area contributed by atoms with Crippen molar-refractivity contribution < 1.29 is 41.1 Å². The van der Waals surface area contributed by atoms with E-state index in [-0.39, 0.29) is 12.1 Å². The maximum Gasteiger partial charge on any atom is 0.419 e. The number of aryl methyl sites for hydroxylation is 1. The van der Waals surface area contributed by atoms with E-state index < -0.39 is 52.3 Å². The van der Waals surface area contributed by atoms with Crippen LogP contribution in [0.2, 0.25) is 0 Å². The van der Waals surface area contributed by atoms with Gasteiger partial charge in [0.1, 0.15) is 11.2 Å². The number of aromatic nitrogens is 1. The number of halogens is 5. The molecular formula is C24H21F5N2O4. The average Bonchev–Trinajstić information content (AvgIpc) is 3.17. The summed E-state index contributed by atoms with van der Waals surface area (Å²) >= 11 is 0. The second-order valence-corrected chi connectivity index (χ2v) is 8.67. The summed E-state index contributed by atoms with van der Waals surface area (Å²) in [5.74, 6) is -13.4. The van der Waals surface area contributed by atoms with Gasteiger partial charge in [-0.2, -0.15) is 0 Å². The van der Waals surface area contributed by atoms with Crippen LogP contribution in [0.1, 0.15) is 50.0 Å². The summed E-state index contributed by atoms with van der Waals surface area (Å²) in [6.45, 7) is 6.67. The van der Waals surface area contributed by atoms with Gasteiger partial charge in [-0.15, -0.1) is 0 Å². The van der Waals surface area contributed by atoms with E-state index in [1.165, 1.54) is 11.5 Å². The van der Waals surface area contributed by atoms with E-state index >= 15 is 0 Å². The number of hydrogen-bond donors (Lipinski definition) is 0. The predicted octanol–water partition coefficient (Wildman–Crippen LogP) is 6.29. The van der Waals surface area contributed by atoms with Crippen molar-refractivity contribution in [1.29, 1.82) is 0 Å². The molecule has 0 bridgehead atoms. The van der Waals surface area contributed by atoms with Crippen molar-refractivity contribution >= 4 is 28.7 Å². The highest BCUT2D eigenvalue weighted by Gasteiger charge is 2.31. The van der Waals surface area contributed by atoms with Crippen molar-refractivity contribution in [3.05, 3.63) is 70.7 Å². The van der Waals surface area contributed by atoms with Gasteiger partial charge in [0.2, 0.25) is 5.82 Å². The zero-order valence-electron chi connectivity index (χ0n) is 19.2. The topological polar surface area (TPSA) is 69.9 Å². The fraction of sp³-hybridized carbons (Fsp3) is 0.292. The molecular weight excluding hydrogens is 475 g/mol. The lowest BCUT2D eigenvalue weighted by Crippen LogP contribution is -2.26. The molecule has 1 heterocycles. The largest absolute Gasteiger partial charge is 0.443 e. The first kappa shape index (κ1) is 25.9. The molecule has 6 nitrogen and oxygen atoms in total. The maximum absolute atomic E-state index is 13.8. The fourth-order valence-corrected chi connectivity index (χ4v) is 3.22. The van der Waals surface area contributed by atoms with Gasteiger partial charge in [0.05, 0.1) is 11.2 Å². The van der Waals surface area contributed by atoms with Crippen molar-refractivity contribution in [3.8, 4) is 0 Å². The van der Waals surface area contributed by atoms with Gasteiger partial charge in [-0.3, -0.25) is 4.57 Å². The van der Waals surface area contributed by atoms with Crippen molar-refractivity contribution in [1.82, 2.24) is 4.57 Å². The molecule has 3 aromatic rings. The Balaban J connectivity index is 1.76. The van der Waals surface area contributed by atoms with E-state index in [4.69, 9.17) is 4.74 Å². The third kappa shape index (κ3) is 5.50. The minimum atomic E-state index is -2.39. The number of ether oxygens (including phenoxy) is 1. The first-order valence-corrected chi connectivity index (χ1v) is 10.4. The molecule has 3 rings (SSSR count). The number of carbonyl (C=O) groups excluding carboxylic acids is 2. The monoisotopic (exact) mass is 496 g/mol. The molecule has 0 radical (unpaired) electrons. The number of benzene rings is 2. The van der Waals surface area contributed by atoms with Crippen LogP contribution in [0.25, 0.3) is 10.9 Å². The van der Waals surface area contributed by atoms with Gasteiger partial charge in [0.15, 0.2) is 23.3 Å². The average molecular weight is 496 g/mol. The lowest BCUT2D eigenvalue weighted by molar-refractivity contribution is 0.0497. The summed E-state index contributed by atoms with van der Waals surface area (Å²) in [6, 6.07) is 7.10. The fourth-order valence-electron chi connectivity index (χ4n) is 3.22. The van der Waals surface area contributed by atoms with Gasteiger partial charge in [0.25, 0.3) is 0 Å². The van der Waals surface area contributed by atoms with E-state index in [0.717, 1.165) is 10.9 Å². The molecule has 0 saturated heterocycles. The third-order valence-corrected chi connectivity index (χ3v) is 4.84. The van der Waals surface area contributed by atoms with Gasteiger partial charge >= 0.3 is 12.1 Å². The van der Waals surface area contributed by atoms with Gasteiger partial charge in [-0.1, -0.05) is 23.4 Å². The highest BCUT2D eigenvalue weighted by Crippen LogP contribution is 2.25. The Hall–Kier alpha value is -3.76. The number of oxime groups is 1. The Kier molecular flexibility index (Phi) is 7.27. The Morgan fingerprint density at radius 3 is 2.11 bits per heavy atom. The minimum Gasteiger partial charge on any atom is -0.443 e. The van der Waals surface area contributed by atoms with E-state index in [1.54, 1.807) is 51.2 Å². The maximum atomic E-state index is 13.8. The molecule has 186 valence electrons. The number of nitrogens with zero attached hydrogens (tertiary/aromatic N) is 2. The normalized spacial score (nSPS) is 12.2. The minimum absolute atomic E-state index is 0.187. The van der Waals surface area contributed by atoms with Crippen LogP contribution in [-0.4, -0.2) is 27.9 Å². The van der Waals surface area contributed by atoms with Crippen molar-refractivity contribution in [2.75, 3.05) is 0 Å². The molecule has 0 spiro atoms. The van der Waals surface area contributed by atoms with Gasteiger partial charge in [0, 0.05) is 11.6 Å². The Bertz CT molecular complexity index is 1310. The highest BCUT2D eigenvalue weighted by molar-refractivity contribution is 5.93. The number of fused-ring (bicyclic) bond motifs is 1. The van der Waals surface area contributed by atoms with Gasteiger partial charge in [-0.05, 0) is 52.2 Å². The number of rotatable bonds is 5. The van der Waals surface area contributed by atoms with Crippen molar-refractivity contribution in [2.45, 2.75) is 46.1 Å². The lowest BCUT2D eigenvalue weighted by atomic mass is 10.1. The van der Waals surface area contributed by atoms with Crippen LogP contribution in [0.3, 0.4) is 0 Å². The van der Waals surface area contributed by atoms with Crippen LogP contribution >= 0.6 is 0 Å². The van der Waals surface area contributed by atoms with Gasteiger partial charge < -0.3 is 9.57 Å². The quantitative estimate of drug-likeness (QED) is 0.104. The first-order valence-electron chi connectivity index (χ1n) is 10.4. The molecule has 0 aliphatic heterocycles. The standard InChI is InChI=1S/C24H21F5N2O4/c1-12(30-35-22(32)16-17(25)19(27)21(29)20(28)18(16)26)9-10-13-11-31(23(33)34-24(2,3)4)15-8-6-5-7-14(13)15/h5-8,11H,9-10H2,1-4H3/b30-12+. The van der Waals surface area contributed by atoms with Crippen LogP contribution in [0.4, 0.5) is 26.7 Å². The number of para-hydroxylation sites is 1. The number of carbonyl (C=O) groups is 2. The van der Waals surface area contributed by atoms with Crippen LogP contribution in [-0.2, 0) is 16.0 Å². The van der Waals surface area contributed by atoms with Crippen molar-refractivity contribution in [3.63, 3.8) is 0 Å². The Labute approximate surface area is 196 Å². The molecule has 0 amide bonds. The zero-order valence-corrected chi connectivity index (χ0v) is 19.2. The SMILES string of the molecule is C/C(CCc1cn(C(=O)OC(C)(C)C)c2ccccc12)=N\OC(=O)c1c(F)c(F)c(F)c(F)c1F. The molecule has 0 aliphatic carbocycles. The smallest absolute Gasteiger partial charge is 0.419 e. The summed E-state index contributed by atoms with van der Waals surface area (Å²) in [7, 11) is 0. The summed E-state index contributed by atoms with van der Waals surface area (Å²) in [5.41, 5.74) is -0.892. The summed E-state index contributed by atoms with van der Waals surface area (Å²) in [6.07, 6.45) is 1.55.